The Kier molecular flexibility index (Phi) is 2.47. The second-order valence-corrected chi connectivity index (χ2v) is 2.79. The Morgan fingerprint density at radius 1 is 1.36 bits per heavy atom. The van der Waals surface area contributed by atoms with Gasteiger partial charge in [0.15, 0.2) is 0 Å². The molecule has 1 atom stereocenters. The molecule has 1 aliphatic carbocycles. The fourth-order valence-electron chi connectivity index (χ4n) is 1.45. The van der Waals surface area contributed by atoms with E-state index in [1.807, 2.05) is 0 Å². The van der Waals surface area contributed by atoms with Crippen LogP contribution < -0.4 is 5.32 Å². The minimum atomic E-state index is -0.741. The molecule has 5 nitrogen and oxygen atoms in total. The molecule has 1 heterocycles. The Morgan fingerprint density at radius 2 is 2.07 bits per heavy atom. The van der Waals surface area contributed by atoms with E-state index in [1.165, 1.54) is 12.2 Å². The van der Waals surface area contributed by atoms with E-state index in [0.717, 1.165) is 0 Å². The monoisotopic (exact) mass is 193 g/mol. The van der Waals surface area contributed by atoms with Gasteiger partial charge in [-0.3, -0.25) is 14.9 Å². The predicted octanol–water partition coefficient (Wildman–Crippen LogP) is -1.31. The fourth-order valence-corrected chi connectivity index (χ4v) is 1.45. The zero-order chi connectivity index (χ0) is 9.42. The fraction of sp³-hybridized carbons (Fsp3) is 0.111. The number of hydrogen-bond acceptors (Lipinski definition) is 3. The zero-order valence-electron chi connectivity index (χ0n) is 7.03. The van der Waals surface area contributed by atoms with Crippen LogP contribution in [0, 0.1) is 5.92 Å². The van der Waals surface area contributed by atoms with Gasteiger partial charge in [0.05, 0.1) is 5.57 Å². The number of fused-ring (bicyclic) bond motifs is 1. The normalized spacial score (nSPS) is 23.3. The van der Waals surface area contributed by atoms with Gasteiger partial charge < -0.3 is 5.48 Å². The average molecular weight is 193 g/mol. The minimum absolute atomic E-state index is 0. The first-order valence-electron chi connectivity index (χ1n) is 3.72. The van der Waals surface area contributed by atoms with Crippen LogP contribution >= 0.6 is 0 Å². The number of amides is 2. The van der Waals surface area contributed by atoms with Crippen LogP contribution in [0.2, 0.25) is 0 Å². The van der Waals surface area contributed by atoms with Crippen molar-refractivity contribution < 1.29 is 19.9 Å². The highest BCUT2D eigenvalue weighted by Gasteiger charge is 2.39. The van der Waals surface area contributed by atoms with Crippen LogP contribution in [0.25, 0.3) is 0 Å². The van der Waals surface area contributed by atoms with Crippen molar-refractivity contribution in [1.29, 1.82) is 0 Å². The lowest BCUT2D eigenvalue weighted by Gasteiger charge is -2.08. The third kappa shape index (κ3) is 1.21. The van der Waals surface area contributed by atoms with Crippen molar-refractivity contribution in [2.24, 2.45) is 5.92 Å². The summed E-state index contributed by atoms with van der Waals surface area (Å²) in [4.78, 5) is 32.7. The first-order chi connectivity index (χ1) is 6.24. The summed E-state index contributed by atoms with van der Waals surface area (Å²) in [6, 6.07) is 0. The van der Waals surface area contributed by atoms with Gasteiger partial charge in [-0.2, -0.15) is 0 Å². The van der Waals surface area contributed by atoms with Crippen molar-refractivity contribution in [2.45, 2.75) is 0 Å². The van der Waals surface area contributed by atoms with Crippen molar-refractivity contribution >= 4 is 17.8 Å². The van der Waals surface area contributed by atoms with Gasteiger partial charge >= 0.3 is 0 Å². The summed E-state index contributed by atoms with van der Waals surface area (Å²) >= 11 is 0. The molecule has 0 aromatic heterocycles. The Bertz CT molecular complexity index is 413. The van der Waals surface area contributed by atoms with E-state index >= 15 is 0 Å². The van der Waals surface area contributed by atoms with Gasteiger partial charge in [-0.1, -0.05) is 12.2 Å². The molecule has 0 aromatic carbocycles. The summed E-state index contributed by atoms with van der Waals surface area (Å²) in [5.74, 6) is 0.0421. The topological polar surface area (TPSA) is 94.7 Å². The van der Waals surface area contributed by atoms with E-state index in [1.54, 1.807) is 12.0 Å². The van der Waals surface area contributed by atoms with E-state index in [0.29, 0.717) is 5.57 Å². The van der Waals surface area contributed by atoms with E-state index in [9.17, 15) is 14.4 Å². The highest BCUT2D eigenvalue weighted by molar-refractivity contribution is 6.17. The maximum atomic E-state index is 11.2. The van der Waals surface area contributed by atoms with Crippen LogP contribution in [0.4, 0.5) is 0 Å². The molecule has 1 unspecified atom stereocenters. The van der Waals surface area contributed by atoms with Crippen molar-refractivity contribution in [3.63, 3.8) is 0 Å². The van der Waals surface area contributed by atoms with Crippen LogP contribution in [0.5, 0.6) is 0 Å². The van der Waals surface area contributed by atoms with Gasteiger partial charge in [0.25, 0.3) is 5.91 Å². The number of nitrogens with one attached hydrogen (secondary N) is 1. The summed E-state index contributed by atoms with van der Waals surface area (Å²) in [5.41, 5.74) is 0.534. The van der Waals surface area contributed by atoms with Crippen molar-refractivity contribution in [3.8, 4) is 0 Å². The van der Waals surface area contributed by atoms with Gasteiger partial charge in [-0.25, -0.2) is 4.79 Å². The van der Waals surface area contributed by atoms with Gasteiger partial charge in [-0.05, 0) is 6.08 Å². The lowest BCUT2D eigenvalue weighted by molar-refractivity contribution is -0.125. The molecule has 2 aliphatic rings. The maximum Gasteiger partial charge on any atom is 0.254 e. The summed E-state index contributed by atoms with van der Waals surface area (Å²) in [6.45, 7) is 0. The summed E-state index contributed by atoms with van der Waals surface area (Å²) in [7, 11) is 0. The molecular formula is C9H7NO4. The highest BCUT2D eigenvalue weighted by atomic mass is 16.2. The lowest BCUT2D eigenvalue weighted by Crippen LogP contribution is -2.22. The largest absolute Gasteiger partial charge is 0.412 e. The summed E-state index contributed by atoms with van der Waals surface area (Å²) < 4.78 is 0. The second-order valence-electron chi connectivity index (χ2n) is 2.79. The van der Waals surface area contributed by atoms with Crippen LogP contribution in [0.15, 0.2) is 29.4 Å². The average Bonchev–Trinajstić information content (AvgIpc) is 2.43. The second kappa shape index (κ2) is 3.41. The van der Waals surface area contributed by atoms with Crippen LogP contribution in [-0.4, -0.2) is 23.2 Å². The molecule has 14 heavy (non-hydrogen) atoms. The van der Waals surface area contributed by atoms with Crippen LogP contribution in [0.1, 0.15) is 0 Å². The molecule has 2 amide bonds. The molecule has 1 aliphatic heterocycles. The Hall–Kier alpha value is -1.97. The Balaban J connectivity index is 0.000000980. The molecule has 5 heteroatoms. The number of hydrogen-bond donors (Lipinski definition) is 1. The maximum absolute atomic E-state index is 11.2. The number of carbonyl (C=O) groups excluding carboxylic acids is 3. The quantitative estimate of drug-likeness (QED) is 0.382. The summed E-state index contributed by atoms with van der Waals surface area (Å²) in [6.07, 6.45) is 4.58. The molecule has 0 aromatic rings. The molecule has 0 spiro atoms. The molecule has 0 saturated carbocycles. The molecule has 1 fully saturated rings. The summed E-state index contributed by atoms with van der Waals surface area (Å²) in [5, 5.41) is 2.14. The molecular weight excluding hydrogens is 186 g/mol. The van der Waals surface area contributed by atoms with Crippen LogP contribution in [0.3, 0.4) is 0 Å². The number of imide groups is 1. The molecule has 0 bridgehead atoms. The molecule has 1 saturated heterocycles. The number of allylic oxidation sites excluding steroid dienone is 3. The van der Waals surface area contributed by atoms with E-state index in [2.05, 4.69) is 5.32 Å². The first-order valence-corrected chi connectivity index (χ1v) is 3.72. The van der Waals surface area contributed by atoms with Crippen molar-refractivity contribution in [3.05, 3.63) is 29.4 Å². The smallest absolute Gasteiger partial charge is 0.254 e. The Morgan fingerprint density at radius 3 is 2.71 bits per heavy atom. The van der Waals surface area contributed by atoms with Gasteiger partial charge in [0.1, 0.15) is 11.9 Å². The van der Waals surface area contributed by atoms with E-state index < -0.39 is 17.7 Å². The zero-order valence-corrected chi connectivity index (χ0v) is 7.03. The minimum Gasteiger partial charge on any atom is -0.412 e. The predicted molar refractivity (Wildman–Crippen MR) is 46.7 cm³/mol. The molecule has 2 rings (SSSR count). The van der Waals surface area contributed by atoms with Gasteiger partial charge in [-0.15, -0.1) is 0 Å². The third-order valence-corrected chi connectivity index (χ3v) is 2.05. The number of rotatable bonds is 0. The van der Waals surface area contributed by atoms with Gasteiger partial charge in [0, 0.05) is 5.57 Å². The first kappa shape index (κ1) is 10.1. The third-order valence-electron chi connectivity index (χ3n) is 2.05. The van der Waals surface area contributed by atoms with Gasteiger partial charge in [0.2, 0.25) is 5.91 Å². The van der Waals surface area contributed by atoms with E-state index in [4.69, 9.17) is 0 Å². The number of carbonyl (C=O) groups is 2. The standard InChI is InChI=1S/C9H5NO3.H2O/c11-4-5-2-1-3-6-7(5)9(13)10-8(6)12;/h1-3,7H,(H,10,12,13);1H2. The van der Waals surface area contributed by atoms with E-state index in [-0.39, 0.29) is 11.0 Å². The molecule has 3 N–H and O–H groups in total. The van der Waals surface area contributed by atoms with Crippen molar-refractivity contribution in [2.75, 3.05) is 0 Å². The molecule has 0 radical (unpaired) electrons. The van der Waals surface area contributed by atoms with Crippen LogP contribution in [-0.2, 0) is 14.4 Å². The Labute approximate surface area is 79.1 Å². The molecule has 72 valence electrons. The SMILES string of the molecule is O.O=C=C1C=CC=C2C(=O)NC(=O)C12. The lowest BCUT2D eigenvalue weighted by atomic mass is 9.90. The highest BCUT2D eigenvalue weighted by Crippen LogP contribution is 2.28. The van der Waals surface area contributed by atoms with Crippen molar-refractivity contribution in [1.82, 2.24) is 5.32 Å².